The van der Waals surface area contributed by atoms with E-state index in [0.29, 0.717) is 5.75 Å². The van der Waals surface area contributed by atoms with E-state index in [0.717, 1.165) is 25.8 Å². The maximum atomic E-state index is 11.8. The van der Waals surface area contributed by atoms with Crippen molar-refractivity contribution in [2.75, 3.05) is 18.1 Å². The Hall–Kier alpha value is -0.390. The molecule has 0 aliphatic carbocycles. The number of thiophene rings is 1. The number of rotatable bonds is 0. The quantitative estimate of drug-likeness (QED) is 0.762. The SMILES string of the molecule is O=S1(=O)CCCC2(C1)NCCc1sccc12. The molecule has 2 aliphatic heterocycles. The van der Waals surface area contributed by atoms with E-state index in [2.05, 4.69) is 16.8 Å². The van der Waals surface area contributed by atoms with Gasteiger partial charge in [0, 0.05) is 11.4 Å². The Balaban J connectivity index is 2.07. The van der Waals surface area contributed by atoms with E-state index in [1.807, 2.05) is 0 Å². The number of nitrogens with one attached hydrogen (secondary N) is 1. The fourth-order valence-electron chi connectivity index (χ4n) is 2.94. The van der Waals surface area contributed by atoms with Crippen molar-refractivity contribution in [3.63, 3.8) is 0 Å². The number of sulfone groups is 1. The second-order valence-electron chi connectivity index (χ2n) is 4.71. The van der Waals surface area contributed by atoms with E-state index in [4.69, 9.17) is 0 Å². The Bertz CT molecular complexity index is 506. The molecule has 0 saturated carbocycles. The van der Waals surface area contributed by atoms with Gasteiger partial charge in [0.25, 0.3) is 0 Å². The molecule has 0 radical (unpaired) electrons. The van der Waals surface area contributed by atoms with Crippen LogP contribution in [0.5, 0.6) is 0 Å². The largest absolute Gasteiger partial charge is 0.306 e. The van der Waals surface area contributed by atoms with Gasteiger partial charge in [0.05, 0.1) is 17.0 Å². The first-order chi connectivity index (χ1) is 7.61. The zero-order valence-corrected chi connectivity index (χ0v) is 10.7. The van der Waals surface area contributed by atoms with Crippen molar-refractivity contribution < 1.29 is 8.42 Å². The smallest absolute Gasteiger partial charge is 0.152 e. The molecular weight excluding hydrogens is 242 g/mol. The summed E-state index contributed by atoms with van der Waals surface area (Å²) in [6, 6.07) is 2.10. The van der Waals surface area contributed by atoms with Gasteiger partial charge >= 0.3 is 0 Å². The van der Waals surface area contributed by atoms with Crippen molar-refractivity contribution in [3.8, 4) is 0 Å². The first-order valence-corrected chi connectivity index (χ1v) is 8.34. The van der Waals surface area contributed by atoms with E-state index >= 15 is 0 Å². The van der Waals surface area contributed by atoms with E-state index in [9.17, 15) is 8.42 Å². The fraction of sp³-hybridized carbons (Fsp3) is 0.636. The number of hydrogen-bond acceptors (Lipinski definition) is 4. The van der Waals surface area contributed by atoms with E-state index in [-0.39, 0.29) is 11.3 Å². The van der Waals surface area contributed by atoms with Crippen LogP contribution in [0.4, 0.5) is 0 Å². The predicted molar refractivity (Wildman–Crippen MR) is 65.6 cm³/mol. The summed E-state index contributed by atoms with van der Waals surface area (Å²) < 4.78 is 23.6. The van der Waals surface area contributed by atoms with Crippen LogP contribution in [0, 0.1) is 0 Å². The Morgan fingerprint density at radius 1 is 1.44 bits per heavy atom. The van der Waals surface area contributed by atoms with Gasteiger partial charge in [-0.2, -0.15) is 0 Å². The molecule has 1 spiro atoms. The van der Waals surface area contributed by atoms with Gasteiger partial charge in [0.15, 0.2) is 9.84 Å². The first-order valence-electron chi connectivity index (χ1n) is 5.64. The summed E-state index contributed by atoms with van der Waals surface area (Å²) in [6.07, 6.45) is 2.77. The molecule has 0 bridgehead atoms. The lowest BCUT2D eigenvalue weighted by Crippen LogP contribution is -2.53. The summed E-state index contributed by atoms with van der Waals surface area (Å²) in [5, 5.41) is 5.54. The second kappa shape index (κ2) is 3.55. The summed E-state index contributed by atoms with van der Waals surface area (Å²) in [7, 11) is -2.87. The molecule has 16 heavy (non-hydrogen) atoms. The highest BCUT2D eigenvalue weighted by Crippen LogP contribution is 2.39. The van der Waals surface area contributed by atoms with Crippen LogP contribution in [0.1, 0.15) is 23.3 Å². The average Bonchev–Trinajstić information content (AvgIpc) is 2.65. The van der Waals surface area contributed by atoms with Crippen LogP contribution in [0.2, 0.25) is 0 Å². The molecule has 1 atom stereocenters. The van der Waals surface area contributed by atoms with Crippen LogP contribution in [0.25, 0.3) is 0 Å². The Morgan fingerprint density at radius 2 is 2.31 bits per heavy atom. The summed E-state index contributed by atoms with van der Waals surface area (Å²) in [5.41, 5.74) is 0.969. The topological polar surface area (TPSA) is 46.2 Å². The lowest BCUT2D eigenvalue weighted by molar-refractivity contribution is 0.314. The molecule has 0 aromatic carbocycles. The van der Waals surface area contributed by atoms with Crippen molar-refractivity contribution in [3.05, 3.63) is 21.9 Å². The van der Waals surface area contributed by atoms with Gasteiger partial charge in [-0.25, -0.2) is 8.42 Å². The van der Waals surface area contributed by atoms with Crippen LogP contribution in [-0.2, 0) is 21.8 Å². The molecule has 3 nitrogen and oxygen atoms in total. The van der Waals surface area contributed by atoms with Gasteiger partial charge in [0.1, 0.15) is 0 Å². The number of hydrogen-bond donors (Lipinski definition) is 1. The van der Waals surface area contributed by atoms with Gasteiger partial charge in [0.2, 0.25) is 0 Å². The fourth-order valence-corrected chi connectivity index (χ4v) is 5.80. The maximum absolute atomic E-state index is 11.8. The molecule has 1 fully saturated rings. The molecule has 3 rings (SSSR count). The Morgan fingerprint density at radius 3 is 3.12 bits per heavy atom. The molecule has 2 aliphatic rings. The predicted octanol–water partition coefficient (Wildman–Crippen LogP) is 1.30. The molecule has 3 heterocycles. The minimum absolute atomic E-state index is 0.273. The third kappa shape index (κ3) is 1.61. The molecule has 1 saturated heterocycles. The van der Waals surface area contributed by atoms with Crippen molar-refractivity contribution in [2.45, 2.75) is 24.8 Å². The van der Waals surface area contributed by atoms with E-state index in [1.54, 1.807) is 11.3 Å². The van der Waals surface area contributed by atoms with Crippen molar-refractivity contribution in [2.24, 2.45) is 0 Å². The van der Waals surface area contributed by atoms with Gasteiger partial charge in [-0.15, -0.1) is 11.3 Å². The van der Waals surface area contributed by atoms with Gasteiger partial charge in [-0.3, -0.25) is 0 Å². The van der Waals surface area contributed by atoms with Crippen LogP contribution >= 0.6 is 11.3 Å². The Labute approximate surface area is 99.8 Å². The van der Waals surface area contributed by atoms with Crippen LogP contribution in [0.15, 0.2) is 11.4 Å². The van der Waals surface area contributed by atoms with E-state index in [1.165, 1.54) is 10.4 Å². The minimum atomic E-state index is -2.87. The lowest BCUT2D eigenvalue weighted by Gasteiger charge is -2.41. The zero-order valence-electron chi connectivity index (χ0n) is 9.03. The van der Waals surface area contributed by atoms with Gasteiger partial charge < -0.3 is 5.32 Å². The highest BCUT2D eigenvalue weighted by Gasteiger charge is 2.43. The molecule has 0 amide bonds. The molecule has 1 aromatic heterocycles. The highest BCUT2D eigenvalue weighted by atomic mass is 32.2. The standard InChI is InChI=1S/C11H15NO2S2/c13-16(14)7-1-4-11(8-16)9-3-6-15-10(9)2-5-12-11/h3,6,12H,1-2,4-5,7-8H2. The molecule has 5 heteroatoms. The average molecular weight is 257 g/mol. The molecule has 1 N–H and O–H groups in total. The van der Waals surface area contributed by atoms with Crippen LogP contribution in [0.3, 0.4) is 0 Å². The highest BCUT2D eigenvalue weighted by molar-refractivity contribution is 7.91. The van der Waals surface area contributed by atoms with Gasteiger partial charge in [-0.05, 0) is 36.3 Å². The summed E-state index contributed by atoms with van der Waals surface area (Å²) in [6.45, 7) is 0.906. The van der Waals surface area contributed by atoms with Crippen molar-refractivity contribution in [1.82, 2.24) is 5.32 Å². The van der Waals surface area contributed by atoms with Gasteiger partial charge in [-0.1, -0.05) is 0 Å². The summed E-state index contributed by atoms with van der Waals surface area (Å²) in [4.78, 5) is 1.37. The second-order valence-corrected chi connectivity index (χ2v) is 7.90. The summed E-state index contributed by atoms with van der Waals surface area (Å²) in [5.74, 6) is 0.639. The Kier molecular flexibility index (Phi) is 2.38. The lowest BCUT2D eigenvalue weighted by atomic mass is 9.84. The zero-order chi connectivity index (χ0) is 11.2. The molecular formula is C11H15NO2S2. The molecule has 1 aromatic rings. The normalized spacial score (nSPS) is 32.5. The first kappa shape index (κ1) is 10.7. The third-order valence-corrected chi connectivity index (χ3v) is 6.43. The molecule has 1 unspecified atom stereocenters. The molecule has 88 valence electrons. The van der Waals surface area contributed by atoms with Crippen LogP contribution < -0.4 is 5.32 Å². The third-order valence-electron chi connectivity index (χ3n) is 3.60. The van der Waals surface area contributed by atoms with Crippen molar-refractivity contribution >= 4 is 21.2 Å². The van der Waals surface area contributed by atoms with Crippen LogP contribution in [-0.4, -0.2) is 26.5 Å². The van der Waals surface area contributed by atoms with Crippen molar-refractivity contribution in [1.29, 1.82) is 0 Å². The maximum Gasteiger partial charge on any atom is 0.152 e. The number of fused-ring (bicyclic) bond motifs is 2. The monoisotopic (exact) mass is 257 g/mol. The van der Waals surface area contributed by atoms with E-state index < -0.39 is 9.84 Å². The minimum Gasteiger partial charge on any atom is -0.306 e. The summed E-state index contributed by atoms with van der Waals surface area (Å²) >= 11 is 1.76.